The van der Waals surface area contributed by atoms with Crippen LogP contribution in [0.1, 0.15) is 23.7 Å². The number of nitrogens with zero attached hydrogens (tertiary/aromatic N) is 5. The van der Waals surface area contributed by atoms with Crippen molar-refractivity contribution in [2.75, 3.05) is 56.7 Å². The summed E-state index contributed by atoms with van der Waals surface area (Å²) in [5.74, 6) is -3.08. The Morgan fingerprint density at radius 3 is 2.26 bits per heavy atom. The Bertz CT molecular complexity index is 1640. The molecule has 0 spiro atoms. The molecular weight excluding hydrogens is 561 g/mol. The molecule has 2 amide bonds. The molecule has 1 saturated heterocycles. The van der Waals surface area contributed by atoms with E-state index in [0.717, 1.165) is 49.4 Å². The maximum atomic E-state index is 15.6. The lowest BCUT2D eigenvalue weighted by molar-refractivity contribution is 0.131. The summed E-state index contributed by atoms with van der Waals surface area (Å²) >= 11 is 0. The zero-order chi connectivity index (χ0) is 30.2. The van der Waals surface area contributed by atoms with Crippen LogP contribution in [-0.4, -0.2) is 72.7 Å². The molecule has 4 heterocycles. The van der Waals surface area contributed by atoms with Crippen molar-refractivity contribution in [2.24, 2.45) is 0 Å². The Hall–Kier alpha value is -4.29. The number of piperazine rings is 1. The summed E-state index contributed by atoms with van der Waals surface area (Å²) in [6, 6.07) is 8.28. The molecule has 2 aliphatic heterocycles. The van der Waals surface area contributed by atoms with Crippen molar-refractivity contribution >= 4 is 28.4 Å². The van der Waals surface area contributed by atoms with E-state index >= 15 is 8.78 Å². The number of carbonyl (C=O) groups excluding carboxylic acids is 1. The number of anilines is 2. The van der Waals surface area contributed by atoms with Gasteiger partial charge in [-0.25, -0.2) is 22.9 Å². The molecule has 2 aromatic heterocycles. The van der Waals surface area contributed by atoms with Gasteiger partial charge in [-0.05, 0) is 30.3 Å². The van der Waals surface area contributed by atoms with Gasteiger partial charge in [0.2, 0.25) is 0 Å². The molecule has 0 radical (unpaired) electrons. The van der Waals surface area contributed by atoms with Crippen LogP contribution in [0, 0.1) is 17.5 Å². The Morgan fingerprint density at radius 2 is 1.60 bits per heavy atom. The summed E-state index contributed by atoms with van der Waals surface area (Å²) in [5, 5.41) is 0.702. The maximum Gasteiger partial charge on any atom is 0.329 e. The molecule has 0 aliphatic carbocycles. The zero-order valence-electron chi connectivity index (χ0n) is 24.3. The number of ether oxygens (including phenoxy) is 2. The van der Waals surface area contributed by atoms with Crippen LogP contribution in [0.5, 0.6) is 11.5 Å². The lowest BCUT2D eigenvalue weighted by Gasteiger charge is -2.37. The van der Waals surface area contributed by atoms with E-state index < -0.39 is 29.2 Å². The van der Waals surface area contributed by atoms with Crippen LogP contribution in [0.25, 0.3) is 11.0 Å². The number of nitrogens with one attached hydrogen (secondary N) is 1. The minimum Gasteiger partial charge on any atom is -0.493 e. The summed E-state index contributed by atoms with van der Waals surface area (Å²) in [5.41, 5.74) is 2.58. The van der Waals surface area contributed by atoms with Crippen molar-refractivity contribution in [3.8, 4) is 11.5 Å². The summed E-state index contributed by atoms with van der Waals surface area (Å²) in [6.45, 7) is 7.56. The van der Waals surface area contributed by atoms with Gasteiger partial charge >= 0.3 is 6.03 Å². The van der Waals surface area contributed by atoms with Gasteiger partial charge in [0.15, 0.2) is 23.1 Å². The minimum atomic E-state index is -1.04. The average molecular weight is 595 g/mol. The number of benzene rings is 2. The fourth-order valence-electron chi connectivity index (χ4n) is 5.91. The van der Waals surface area contributed by atoms with Gasteiger partial charge in [-0.3, -0.25) is 14.7 Å². The summed E-state index contributed by atoms with van der Waals surface area (Å²) in [6.07, 6.45) is 1.60. The second-order valence-corrected chi connectivity index (χ2v) is 10.7. The number of aromatic nitrogens is 2. The Labute approximate surface area is 247 Å². The van der Waals surface area contributed by atoms with Crippen LogP contribution in [0.15, 0.2) is 42.6 Å². The number of rotatable bonds is 8. The van der Waals surface area contributed by atoms with E-state index in [2.05, 4.69) is 26.7 Å². The third kappa shape index (κ3) is 5.36. The van der Waals surface area contributed by atoms with Crippen molar-refractivity contribution in [1.29, 1.82) is 0 Å². The fourth-order valence-corrected chi connectivity index (χ4v) is 5.91. The highest BCUT2D eigenvalue weighted by atomic mass is 19.1. The van der Waals surface area contributed by atoms with Crippen molar-refractivity contribution in [3.05, 3.63) is 76.9 Å². The summed E-state index contributed by atoms with van der Waals surface area (Å²) < 4.78 is 55.6. The molecule has 2 aromatic carbocycles. The lowest BCUT2D eigenvalue weighted by atomic mass is 10.1. The van der Waals surface area contributed by atoms with E-state index in [1.165, 1.54) is 31.3 Å². The number of carbonyl (C=O) groups is 1. The van der Waals surface area contributed by atoms with Crippen LogP contribution in [0.4, 0.5) is 29.3 Å². The number of pyridine rings is 1. The monoisotopic (exact) mass is 594 g/mol. The molecule has 4 aromatic rings. The van der Waals surface area contributed by atoms with Crippen molar-refractivity contribution < 1.29 is 27.4 Å². The van der Waals surface area contributed by atoms with Gasteiger partial charge in [0, 0.05) is 61.6 Å². The van der Waals surface area contributed by atoms with Gasteiger partial charge in [-0.1, -0.05) is 19.1 Å². The first-order chi connectivity index (χ1) is 20.8. The highest BCUT2D eigenvalue weighted by molar-refractivity contribution is 6.11. The van der Waals surface area contributed by atoms with E-state index in [9.17, 15) is 9.18 Å². The lowest BCUT2D eigenvalue weighted by Crippen LogP contribution is -2.47. The second kappa shape index (κ2) is 11.8. The number of hydrogen-bond acceptors (Lipinski definition) is 6. The number of hydrogen-bond donors (Lipinski definition) is 1. The van der Waals surface area contributed by atoms with Crippen LogP contribution in [0.2, 0.25) is 0 Å². The zero-order valence-corrected chi connectivity index (χ0v) is 24.3. The first kappa shape index (κ1) is 28.8. The predicted molar refractivity (Wildman–Crippen MR) is 157 cm³/mol. The topological polar surface area (TPSA) is 77.2 Å². The molecule has 0 unspecified atom stereocenters. The molecular formula is C31H33F3N6O3. The molecule has 0 bridgehead atoms. The molecule has 6 rings (SSSR count). The molecule has 1 fully saturated rings. The number of methoxy groups -OCH3 is 2. The Kier molecular flexibility index (Phi) is 7.89. The molecule has 43 heavy (non-hydrogen) atoms. The number of urea groups is 1. The molecule has 9 nitrogen and oxygen atoms in total. The quantitative estimate of drug-likeness (QED) is 0.299. The van der Waals surface area contributed by atoms with Gasteiger partial charge in [0.05, 0.1) is 33.0 Å². The maximum absolute atomic E-state index is 15.6. The van der Waals surface area contributed by atoms with E-state index in [1.807, 2.05) is 6.07 Å². The number of H-pyrrole nitrogens is 1. The molecule has 1 N–H and O–H groups in total. The third-order valence-electron chi connectivity index (χ3n) is 8.18. The van der Waals surface area contributed by atoms with Gasteiger partial charge in [-0.2, -0.15) is 0 Å². The number of halogens is 3. The molecule has 2 aliphatic rings. The number of amides is 2. The van der Waals surface area contributed by atoms with Crippen LogP contribution in [-0.2, 0) is 19.6 Å². The fraction of sp³-hybridized carbons (Fsp3) is 0.355. The SMILES string of the molecule is CCN1CCN(Cc2cc3c4c(cnc3[nH]2)CN(c2c(F)c(OC)cc(OC)c2F)C(=O)N4Cc2cccc(F)c2)CC1. The highest BCUT2D eigenvalue weighted by Crippen LogP contribution is 2.43. The van der Waals surface area contributed by atoms with E-state index in [0.29, 0.717) is 34.4 Å². The molecule has 12 heteroatoms. The normalized spacial score (nSPS) is 16.2. The van der Waals surface area contributed by atoms with Crippen molar-refractivity contribution in [2.45, 2.75) is 26.6 Å². The van der Waals surface area contributed by atoms with Gasteiger partial charge in [0.25, 0.3) is 0 Å². The average Bonchev–Trinajstić information content (AvgIpc) is 3.42. The van der Waals surface area contributed by atoms with E-state index in [1.54, 1.807) is 18.3 Å². The molecule has 0 atom stereocenters. The highest BCUT2D eigenvalue weighted by Gasteiger charge is 2.38. The van der Waals surface area contributed by atoms with E-state index in [-0.39, 0.29) is 24.6 Å². The number of fused-ring (bicyclic) bond motifs is 3. The number of aromatic amines is 1. The van der Waals surface area contributed by atoms with Crippen molar-refractivity contribution in [3.63, 3.8) is 0 Å². The van der Waals surface area contributed by atoms with Gasteiger partial charge in [-0.15, -0.1) is 0 Å². The smallest absolute Gasteiger partial charge is 0.329 e. The second-order valence-electron chi connectivity index (χ2n) is 10.7. The molecule has 0 saturated carbocycles. The van der Waals surface area contributed by atoms with Gasteiger partial charge in [0.1, 0.15) is 17.2 Å². The largest absolute Gasteiger partial charge is 0.493 e. The molecule has 226 valence electrons. The Balaban J connectivity index is 1.44. The minimum absolute atomic E-state index is 0.0387. The summed E-state index contributed by atoms with van der Waals surface area (Å²) in [7, 11) is 2.49. The van der Waals surface area contributed by atoms with E-state index in [4.69, 9.17) is 9.47 Å². The van der Waals surface area contributed by atoms with Crippen molar-refractivity contribution in [1.82, 2.24) is 19.8 Å². The van der Waals surface area contributed by atoms with Crippen LogP contribution in [0.3, 0.4) is 0 Å². The van der Waals surface area contributed by atoms with Gasteiger partial charge < -0.3 is 19.4 Å². The summed E-state index contributed by atoms with van der Waals surface area (Å²) in [4.78, 5) is 29.4. The Morgan fingerprint density at radius 1 is 0.907 bits per heavy atom. The van der Waals surface area contributed by atoms with Crippen LogP contribution < -0.4 is 19.3 Å². The first-order valence-corrected chi connectivity index (χ1v) is 14.2. The number of likely N-dealkylation sites (N-methyl/N-ethyl adjacent to an activating group) is 1. The predicted octanol–water partition coefficient (Wildman–Crippen LogP) is 5.28. The third-order valence-corrected chi connectivity index (χ3v) is 8.18. The standard InChI is InChI=1S/C31H33F3N6O3/c1-4-37-8-10-38(11-9-37)18-22-13-23-28-20(15-35-30(23)36-22)17-40(29-26(33)24(42-2)14-25(43-3)27(29)34)31(41)39(28)16-19-6-5-7-21(32)12-19/h5-7,12-15H,4,8-11,16-18H2,1-3H3,(H,35,36). The first-order valence-electron chi connectivity index (χ1n) is 14.2. The van der Waals surface area contributed by atoms with Crippen LogP contribution >= 0.6 is 0 Å².